The number of rotatable bonds is 3. The fourth-order valence-corrected chi connectivity index (χ4v) is 0.985. The Balaban J connectivity index is 3.12. The van der Waals surface area contributed by atoms with Gasteiger partial charge in [0.05, 0.1) is 11.0 Å². The summed E-state index contributed by atoms with van der Waals surface area (Å²) in [6, 6.07) is 2.69. The van der Waals surface area contributed by atoms with Crippen LogP contribution in [0.4, 0.5) is 15.3 Å². The fourth-order valence-electron chi connectivity index (χ4n) is 0.985. The molecule has 0 aliphatic carbocycles. The van der Waals surface area contributed by atoms with Crippen LogP contribution in [0.3, 0.4) is 0 Å². The molecule has 0 spiro atoms. The van der Waals surface area contributed by atoms with Crippen molar-refractivity contribution in [2.24, 2.45) is 0 Å². The van der Waals surface area contributed by atoms with E-state index < -0.39 is 28.7 Å². The molecule has 2 N–H and O–H groups in total. The molecule has 0 aliphatic rings. The Morgan fingerprint density at radius 2 is 1.76 bits per heavy atom. The molecule has 0 atom stereocenters. The molecule has 1 rings (SSSR count). The SMILES string of the molecule is O=C(O)Oc1ccc(OC(=O)O)c([N+](=O)[O-])c1. The first-order chi connectivity index (χ1) is 7.90. The van der Waals surface area contributed by atoms with Gasteiger partial charge in [0.2, 0.25) is 5.75 Å². The maximum absolute atomic E-state index is 10.6. The topological polar surface area (TPSA) is 136 Å². The molecule has 0 radical (unpaired) electrons. The van der Waals surface area contributed by atoms with E-state index >= 15 is 0 Å². The van der Waals surface area contributed by atoms with E-state index in [1.807, 2.05) is 0 Å². The van der Waals surface area contributed by atoms with E-state index in [1.165, 1.54) is 0 Å². The highest BCUT2D eigenvalue weighted by molar-refractivity contribution is 5.66. The Morgan fingerprint density at radius 3 is 2.24 bits per heavy atom. The average Bonchev–Trinajstić information content (AvgIpc) is 2.18. The number of ether oxygens (including phenoxy) is 2. The summed E-state index contributed by atoms with van der Waals surface area (Å²) >= 11 is 0. The number of nitro groups is 1. The van der Waals surface area contributed by atoms with Gasteiger partial charge in [0.15, 0.2) is 0 Å². The lowest BCUT2D eigenvalue weighted by Gasteiger charge is -2.03. The van der Waals surface area contributed by atoms with Gasteiger partial charge >= 0.3 is 18.0 Å². The number of nitro benzene ring substituents is 1. The van der Waals surface area contributed by atoms with Crippen molar-refractivity contribution >= 4 is 18.0 Å². The van der Waals surface area contributed by atoms with Crippen LogP contribution in [0.2, 0.25) is 0 Å². The molecule has 0 amide bonds. The second kappa shape index (κ2) is 4.79. The van der Waals surface area contributed by atoms with Gasteiger partial charge < -0.3 is 19.7 Å². The summed E-state index contributed by atoms with van der Waals surface area (Å²) in [6.45, 7) is 0. The lowest BCUT2D eigenvalue weighted by molar-refractivity contribution is -0.385. The van der Waals surface area contributed by atoms with E-state index in [4.69, 9.17) is 10.2 Å². The van der Waals surface area contributed by atoms with Crippen LogP contribution in [0.25, 0.3) is 0 Å². The minimum atomic E-state index is -1.72. The normalized spacial score (nSPS) is 9.41. The maximum Gasteiger partial charge on any atom is 0.511 e. The van der Waals surface area contributed by atoms with Crippen molar-refractivity contribution in [3.8, 4) is 11.5 Å². The van der Waals surface area contributed by atoms with Crippen LogP contribution in [-0.4, -0.2) is 27.4 Å². The van der Waals surface area contributed by atoms with Crippen LogP contribution in [-0.2, 0) is 0 Å². The van der Waals surface area contributed by atoms with Crippen LogP contribution in [0.1, 0.15) is 0 Å². The zero-order valence-electron chi connectivity index (χ0n) is 8.02. The first-order valence-corrected chi connectivity index (χ1v) is 4.00. The van der Waals surface area contributed by atoms with Crippen LogP contribution >= 0.6 is 0 Å². The van der Waals surface area contributed by atoms with Gasteiger partial charge in [-0.3, -0.25) is 10.1 Å². The molecule has 9 nitrogen and oxygen atoms in total. The second-order valence-corrected chi connectivity index (χ2v) is 2.62. The van der Waals surface area contributed by atoms with Gasteiger partial charge in [0.25, 0.3) is 0 Å². The van der Waals surface area contributed by atoms with Gasteiger partial charge in [-0.05, 0) is 12.1 Å². The van der Waals surface area contributed by atoms with Crippen LogP contribution < -0.4 is 9.47 Å². The van der Waals surface area contributed by atoms with Crippen molar-refractivity contribution in [2.45, 2.75) is 0 Å². The number of carbonyl (C=O) groups is 2. The van der Waals surface area contributed by atoms with Gasteiger partial charge in [-0.2, -0.15) is 0 Å². The Kier molecular flexibility index (Phi) is 3.44. The van der Waals surface area contributed by atoms with E-state index in [2.05, 4.69) is 9.47 Å². The maximum atomic E-state index is 10.6. The van der Waals surface area contributed by atoms with Gasteiger partial charge in [-0.15, -0.1) is 0 Å². The highest BCUT2D eigenvalue weighted by Crippen LogP contribution is 2.31. The number of hydrogen-bond donors (Lipinski definition) is 2. The molecule has 0 bridgehead atoms. The molecule has 17 heavy (non-hydrogen) atoms. The highest BCUT2D eigenvalue weighted by atomic mass is 16.7. The molecule has 1 aromatic carbocycles. The minimum Gasteiger partial charge on any atom is -0.449 e. The van der Waals surface area contributed by atoms with Crippen molar-refractivity contribution in [3.05, 3.63) is 28.3 Å². The third kappa shape index (κ3) is 3.34. The quantitative estimate of drug-likeness (QED) is 0.354. The summed E-state index contributed by atoms with van der Waals surface area (Å²) in [7, 11) is 0. The predicted octanol–water partition coefficient (Wildman–Crippen LogP) is 1.71. The number of nitrogens with zero attached hydrogens (tertiary/aromatic N) is 1. The molecular formula is C8H5NO8. The Labute approximate surface area is 93.0 Å². The summed E-state index contributed by atoms with van der Waals surface area (Å²) < 4.78 is 8.31. The first kappa shape index (κ1) is 12.2. The molecule has 0 saturated heterocycles. The molecular weight excluding hydrogens is 238 g/mol. The average molecular weight is 243 g/mol. The monoisotopic (exact) mass is 243 g/mol. The van der Waals surface area contributed by atoms with E-state index in [0.29, 0.717) is 0 Å². The molecule has 0 heterocycles. The summed E-state index contributed by atoms with van der Waals surface area (Å²) in [4.78, 5) is 30.1. The fraction of sp³-hybridized carbons (Fsp3) is 0. The highest BCUT2D eigenvalue weighted by Gasteiger charge is 2.19. The van der Waals surface area contributed by atoms with Crippen molar-refractivity contribution in [3.63, 3.8) is 0 Å². The van der Waals surface area contributed by atoms with Crippen LogP contribution in [0, 0.1) is 10.1 Å². The van der Waals surface area contributed by atoms with Gasteiger partial charge in [-0.25, -0.2) is 9.59 Å². The molecule has 0 aromatic heterocycles. The summed E-state index contributed by atoms with van der Waals surface area (Å²) in [5.74, 6) is -0.845. The van der Waals surface area contributed by atoms with Crippen molar-refractivity contribution < 1.29 is 34.2 Å². The predicted molar refractivity (Wildman–Crippen MR) is 50.4 cm³/mol. The van der Waals surface area contributed by atoms with E-state index in [1.54, 1.807) is 0 Å². The lowest BCUT2D eigenvalue weighted by Crippen LogP contribution is -2.07. The van der Waals surface area contributed by atoms with Crippen molar-refractivity contribution in [2.75, 3.05) is 0 Å². The Bertz CT molecular complexity index is 482. The molecule has 9 heteroatoms. The third-order valence-corrected chi connectivity index (χ3v) is 1.53. The second-order valence-electron chi connectivity index (χ2n) is 2.62. The lowest BCUT2D eigenvalue weighted by atomic mass is 10.3. The molecule has 0 fully saturated rings. The number of benzene rings is 1. The Hall–Kier alpha value is -2.84. The molecule has 0 unspecified atom stereocenters. The molecule has 0 aliphatic heterocycles. The summed E-state index contributed by atoms with van der Waals surface area (Å²) in [5.41, 5.74) is -0.717. The van der Waals surface area contributed by atoms with Gasteiger partial charge in [0, 0.05) is 0 Å². The molecule has 1 aromatic rings. The largest absolute Gasteiger partial charge is 0.511 e. The van der Waals surface area contributed by atoms with Crippen molar-refractivity contribution in [1.82, 2.24) is 0 Å². The molecule has 0 saturated carbocycles. The van der Waals surface area contributed by atoms with E-state index in [-0.39, 0.29) is 5.75 Å². The standard InChI is InChI=1S/C8H5NO8/c10-7(11)16-4-1-2-6(17-8(12)13)5(3-4)9(14)15/h1-3H,(H,10,11)(H,12,13). The zero-order valence-corrected chi connectivity index (χ0v) is 8.02. The molecule has 90 valence electrons. The first-order valence-electron chi connectivity index (χ1n) is 4.00. The van der Waals surface area contributed by atoms with Crippen LogP contribution in [0.5, 0.6) is 11.5 Å². The van der Waals surface area contributed by atoms with E-state index in [0.717, 1.165) is 18.2 Å². The smallest absolute Gasteiger partial charge is 0.449 e. The number of carboxylic acid groups (broad SMARTS) is 2. The minimum absolute atomic E-state index is 0.318. The Morgan fingerprint density at radius 1 is 1.18 bits per heavy atom. The van der Waals surface area contributed by atoms with Crippen molar-refractivity contribution in [1.29, 1.82) is 0 Å². The van der Waals surface area contributed by atoms with Gasteiger partial charge in [0.1, 0.15) is 5.75 Å². The number of hydrogen-bond acceptors (Lipinski definition) is 6. The summed E-state index contributed by atoms with van der Waals surface area (Å²) in [5, 5.41) is 27.2. The zero-order chi connectivity index (χ0) is 13.0. The third-order valence-electron chi connectivity index (χ3n) is 1.53. The van der Waals surface area contributed by atoms with E-state index in [9.17, 15) is 19.7 Å². The summed E-state index contributed by atoms with van der Waals surface area (Å²) in [6.07, 6.45) is -3.37. The van der Waals surface area contributed by atoms with Gasteiger partial charge in [-0.1, -0.05) is 0 Å². The van der Waals surface area contributed by atoms with Crippen LogP contribution in [0.15, 0.2) is 18.2 Å².